The molecule has 5 nitrogen and oxygen atoms in total. The van der Waals surface area contributed by atoms with Gasteiger partial charge in [-0.25, -0.2) is 0 Å². The number of hydrogen-bond donors (Lipinski definition) is 1. The van der Waals surface area contributed by atoms with Gasteiger partial charge in [0.15, 0.2) is 6.04 Å². The van der Waals surface area contributed by atoms with Crippen LogP contribution in [0, 0.1) is 0 Å². The van der Waals surface area contributed by atoms with Crippen LogP contribution in [0.1, 0.15) is 35.9 Å². The molecule has 4 aromatic rings. The molecule has 0 spiro atoms. The minimum absolute atomic E-state index is 0.122. The van der Waals surface area contributed by atoms with Gasteiger partial charge in [-0.3, -0.25) is 9.48 Å². The van der Waals surface area contributed by atoms with Crippen LogP contribution in [0.25, 0.3) is 10.9 Å². The van der Waals surface area contributed by atoms with E-state index in [0.717, 1.165) is 31.5 Å². The van der Waals surface area contributed by atoms with E-state index in [9.17, 15) is 4.79 Å². The number of likely N-dealkylation sites (tertiary alicyclic amines) is 1. The number of fused-ring (bicyclic) bond motifs is 1. The van der Waals surface area contributed by atoms with Gasteiger partial charge in [-0.1, -0.05) is 48.5 Å². The number of aromatic amines is 1. The highest BCUT2D eigenvalue weighted by molar-refractivity contribution is 5.85. The fourth-order valence-electron chi connectivity index (χ4n) is 4.49. The fraction of sp³-hybridized carbons (Fsp3) is 0.250. The van der Waals surface area contributed by atoms with Crippen LogP contribution in [0.5, 0.6) is 0 Å². The van der Waals surface area contributed by atoms with E-state index in [0.29, 0.717) is 5.92 Å². The Bertz CT molecular complexity index is 1090. The summed E-state index contributed by atoms with van der Waals surface area (Å²) in [6.07, 6.45) is 7.70. The third kappa shape index (κ3) is 3.33. The summed E-state index contributed by atoms with van der Waals surface area (Å²) < 4.78 is 1.77. The van der Waals surface area contributed by atoms with Crippen molar-refractivity contribution < 1.29 is 4.79 Å². The first-order valence-corrected chi connectivity index (χ1v) is 10.2. The van der Waals surface area contributed by atoms with Gasteiger partial charge in [0.2, 0.25) is 0 Å². The summed E-state index contributed by atoms with van der Waals surface area (Å²) >= 11 is 0. The molecule has 3 heterocycles. The fourth-order valence-corrected chi connectivity index (χ4v) is 4.49. The molecule has 0 radical (unpaired) electrons. The summed E-state index contributed by atoms with van der Waals surface area (Å²) in [4.78, 5) is 18.9. The molecule has 5 heteroatoms. The van der Waals surface area contributed by atoms with Crippen LogP contribution >= 0.6 is 0 Å². The highest BCUT2D eigenvalue weighted by Gasteiger charge is 2.31. The number of H-pyrrole nitrogens is 1. The summed E-state index contributed by atoms with van der Waals surface area (Å²) in [6.45, 7) is 1.54. The number of para-hydroxylation sites is 1. The predicted molar refractivity (Wildman–Crippen MR) is 114 cm³/mol. The van der Waals surface area contributed by atoms with Gasteiger partial charge < -0.3 is 9.88 Å². The number of nitrogens with zero attached hydrogens (tertiary/aromatic N) is 3. The van der Waals surface area contributed by atoms with Gasteiger partial charge in [-0.15, -0.1) is 0 Å². The number of carbonyl (C=O) groups is 1. The van der Waals surface area contributed by atoms with E-state index in [1.165, 1.54) is 16.5 Å². The van der Waals surface area contributed by atoms with Crippen LogP contribution in [0.3, 0.4) is 0 Å². The first-order chi connectivity index (χ1) is 14.3. The Balaban J connectivity index is 1.35. The molecule has 0 bridgehead atoms. The molecule has 1 atom stereocenters. The lowest BCUT2D eigenvalue weighted by atomic mass is 9.89. The van der Waals surface area contributed by atoms with Gasteiger partial charge in [0.25, 0.3) is 5.91 Å². The van der Waals surface area contributed by atoms with Gasteiger partial charge in [0, 0.05) is 42.6 Å². The Morgan fingerprint density at radius 3 is 2.52 bits per heavy atom. The van der Waals surface area contributed by atoms with Crippen molar-refractivity contribution in [3.63, 3.8) is 0 Å². The van der Waals surface area contributed by atoms with Crippen molar-refractivity contribution in [2.45, 2.75) is 24.8 Å². The molecule has 146 valence electrons. The molecule has 2 aromatic heterocycles. The van der Waals surface area contributed by atoms with E-state index in [4.69, 9.17) is 0 Å². The van der Waals surface area contributed by atoms with Crippen LogP contribution in [0.4, 0.5) is 0 Å². The van der Waals surface area contributed by atoms with Crippen molar-refractivity contribution >= 4 is 16.8 Å². The van der Waals surface area contributed by atoms with E-state index >= 15 is 0 Å². The molecule has 1 fully saturated rings. The van der Waals surface area contributed by atoms with E-state index in [1.54, 1.807) is 10.9 Å². The van der Waals surface area contributed by atoms with Crippen molar-refractivity contribution in [1.82, 2.24) is 19.7 Å². The van der Waals surface area contributed by atoms with Crippen LogP contribution in [0.15, 0.2) is 79.3 Å². The number of benzene rings is 2. The Kier molecular flexibility index (Phi) is 4.64. The van der Waals surface area contributed by atoms with Gasteiger partial charge in [-0.05, 0) is 42.0 Å². The highest BCUT2D eigenvalue weighted by atomic mass is 16.2. The summed E-state index contributed by atoms with van der Waals surface area (Å²) in [6, 6.07) is 19.8. The van der Waals surface area contributed by atoms with Crippen LogP contribution < -0.4 is 0 Å². The van der Waals surface area contributed by atoms with Crippen LogP contribution in [-0.2, 0) is 4.79 Å². The third-order valence-electron chi connectivity index (χ3n) is 6.01. The van der Waals surface area contributed by atoms with E-state index in [1.807, 2.05) is 47.5 Å². The largest absolute Gasteiger partial charge is 0.361 e. The van der Waals surface area contributed by atoms with Gasteiger partial charge >= 0.3 is 0 Å². The van der Waals surface area contributed by atoms with Crippen LogP contribution in [-0.4, -0.2) is 38.7 Å². The molecule has 1 amide bonds. The lowest BCUT2D eigenvalue weighted by Gasteiger charge is -2.34. The Hall–Kier alpha value is -3.34. The molecule has 1 N–H and O–H groups in total. The average Bonchev–Trinajstić information content (AvgIpc) is 3.45. The number of amides is 1. The molecular formula is C24H24N4O. The summed E-state index contributed by atoms with van der Waals surface area (Å²) in [7, 11) is 0. The molecule has 0 aliphatic carbocycles. The zero-order valence-corrected chi connectivity index (χ0v) is 16.2. The summed E-state index contributed by atoms with van der Waals surface area (Å²) in [5.74, 6) is 0.604. The van der Waals surface area contributed by atoms with Crippen molar-refractivity contribution in [2.24, 2.45) is 0 Å². The minimum atomic E-state index is -0.407. The third-order valence-corrected chi connectivity index (χ3v) is 6.01. The van der Waals surface area contributed by atoms with Gasteiger partial charge in [0.05, 0.1) is 0 Å². The normalized spacial score (nSPS) is 16.2. The Morgan fingerprint density at radius 1 is 1.00 bits per heavy atom. The lowest BCUT2D eigenvalue weighted by molar-refractivity contribution is -0.134. The maximum Gasteiger partial charge on any atom is 0.252 e. The second-order valence-corrected chi connectivity index (χ2v) is 7.69. The Morgan fingerprint density at radius 2 is 1.76 bits per heavy atom. The molecule has 5 rings (SSSR count). The van der Waals surface area contributed by atoms with Crippen molar-refractivity contribution in [1.29, 1.82) is 0 Å². The molecular weight excluding hydrogens is 360 g/mol. The second-order valence-electron chi connectivity index (χ2n) is 7.69. The number of carbonyl (C=O) groups excluding carboxylic acids is 1. The SMILES string of the molecule is O=C(C(c1ccccc1)n1cccn1)N1CCC(c2c[nH]c3ccccc23)CC1. The zero-order chi connectivity index (χ0) is 19.6. The topological polar surface area (TPSA) is 53.9 Å². The van der Waals surface area contributed by atoms with E-state index in [-0.39, 0.29) is 5.91 Å². The standard InChI is InChI=1S/C24H24N4O/c29-24(23(28-14-6-13-26-28)19-7-2-1-3-8-19)27-15-11-18(12-16-27)21-17-25-22-10-5-4-9-20(21)22/h1-10,13-14,17-18,23,25H,11-12,15-16H2. The van der Waals surface area contributed by atoms with Gasteiger partial charge in [0.1, 0.15) is 0 Å². The van der Waals surface area contributed by atoms with E-state index < -0.39 is 6.04 Å². The molecule has 29 heavy (non-hydrogen) atoms. The number of piperidine rings is 1. The first-order valence-electron chi connectivity index (χ1n) is 10.2. The zero-order valence-electron chi connectivity index (χ0n) is 16.2. The number of aromatic nitrogens is 3. The van der Waals surface area contributed by atoms with E-state index in [2.05, 4.69) is 40.5 Å². The van der Waals surface area contributed by atoms with Crippen molar-refractivity contribution in [2.75, 3.05) is 13.1 Å². The molecule has 1 aliphatic heterocycles. The summed E-state index contributed by atoms with van der Waals surface area (Å²) in [5, 5.41) is 5.67. The maximum absolute atomic E-state index is 13.5. The minimum Gasteiger partial charge on any atom is -0.361 e. The average molecular weight is 384 g/mol. The second kappa shape index (κ2) is 7.59. The molecule has 1 saturated heterocycles. The maximum atomic E-state index is 13.5. The van der Waals surface area contributed by atoms with Crippen molar-refractivity contribution in [3.05, 3.63) is 90.4 Å². The lowest BCUT2D eigenvalue weighted by Crippen LogP contribution is -2.42. The molecule has 0 saturated carbocycles. The summed E-state index contributed by atoms with van der Waals surface area (Å²) in [5.41, 5.74) is 3.53. The smallest absolute Gasteiger partial charge is 0.252 e. The highest BCUT2D eigenvalue weighted by Crippen LogP contribution is 2.34. The number of nitrogens with one attached hydrogen (secondary N) is 1. The predicted octanol–water partition coefficient (Wildman–Crippen LogP) is 4.36. The quantitative estimate of drug-likeness (QED) is 0.568. The Labute approximate surface area is 170 Å². The molecule has 1 unspecified atom stereocenters. The van der Waals surface area contributed by atoms with Crippen LogP contribution in [0.2, 0.25) is 0 Å². The van der Waals surface area contributed by atoms with Crippen molar-refractivity contribution in [3.8, 4) is 0 Å². The van der Waals surface area contributed by atoms with Gasteiger partial charge in [-0.2, -0.15) is 5.10 Å². The molecule has 1 aliphatic rings. The number of rotatable bonds is 4. The monoisotopic (exact) mass is 384 g/mol. The first kappa shape index (κ1) is 17.7. The molecule has 2 aromatic carbocycles. The number of hydrogen-bond acceptors (Lipinski definition) is 2.